The normalized spacial score (nSPS) is 10.9. The number of nitrogens with zero attached hydrogens (tertiary/aromatic N) is 2. The lowest BCUT2D eigenvalue weighted by Crippen LogP contribution is -2.10. The molecule has 0 fully saturated rings. The number of Topliss-reactive ketones (excluding diaryl/α,β-unsaturated/α-hetero) is 1. The molecule has 1 heterocycles. The van der Waals surface area contributed by atoms with Crippen molar-refractivity contribution in [2.75, 3.05) is 0 Å². The zero-order valence-corrected chi connectivity index (χ0v) is 13.6. The Bertz CT molecular complexity index is 941. The Kier molecular flexibility index (Phi) is 4.16. The van der Waals surface area contributed by atoms with Crippen LogP contribution in [0.1, 0.15) is 29.3 Å². The van der Waals surface area contributed by atoms with E-state index >= 15 is 0 Å². The molecule has 0 unspecified atom stereocenters. The number of aryl methyl sites for hydroxylation is 1. The molecular weight excluding hydrogens is 304 g/mol. The molecule has 0 atom stereocenters. The molecule has 0 aliphatic heterocycles. The zero-order chi connectivity index (χ0) is 17.3. The Morgan fingerprint density at radius 3 is 2.62 bits per heavy atom. The average molecular weight is 322 g/mol. The van der Waals surface area contributed by atoms with E-state index in [1.807, 2.05) is 38.1 Å². The molecule has 5 nitrogen and oxygen atoms in total. The van der Waals surface area contributed by atoms with Crippen LogP contribution in [0.25, 0.3) is 22.4 Å². The van der Waals surface area contributed by atoms with Gasteiger partial charge >= 0.3 is 5.97 Å². The highest BCUT2D eigenvalue weighted by atomic mass is 16.4. The maximum Gasteiger partial charge on any atom is 0.323 e. The standard InChI is InChI=1S/C19H18N2O3/c1-3-17(22)13-7-8-16-15(10-13)20-19(21(16)11-18(23)24)14-6-4-5-12(2)9-14/h4-10H,3,11H2,1-2H3,(H,23,24). The summed E-state index contributed by atoms with van der Waals surface area (Å²) in [4.78, 5) is 27.8. The van der Waals surface area contributed by atoms with E-state index in [0.717, 1.165) is 11.1 Å². The first kappa shape index (κ1) is 15.9. The summed E-state index contributed by atoms with van der Waals surface area (Å²) >= 11 is 0. The zero-order valence-electron chi connectivity index (χ0n) is 13.6. The second kappa shape index (κ2) is 6.28. The van der Waals surface area contributed by atoms with Gasteiger partial charge in [0, 0.05) is 17.5 Å². The van der Waals surface area contributed by atoms with E-state index in [4.69, 9.17) is 0 Å². The number of carboxylic acid groups (broad SMARTS) is 1. The molecule has 0 amide bonds. The van der Waals surface area contributed by atoms with Crippen LogP contribution in [0.15, 0.2) is 42.5 Å². The highest BCUT2D eigenvalue weighted by Gasteiger charge is 2.16. The van der Waals surface area contributed by atoms with E-state index in [-0.39, 0.29) is 12.3 Å². The first-order chi connectivity index (χ1) is 11.5. The fraction of sp³-hybridized carbons (Fsp3) is 0.211. The third-order valence-electron chi connectivity index (χ3n) is 3.96. The van der Waals surface area contributed by atoms with E-state index < -0.39 is 5.97 Å². The predicted octanol–water partition coefficient (Wildman–Crippen LogP) is 3.69. The maximum atomic E-state index is 11.9. The van der Waals surface area contributed by atoms with Crippen molar-refractivity contribution < 1.29 is 14.7 Å². The Labute approximate surface area is 139 Å². The molecule has 1 N–H and O–H groups in total. The fourth-order valence-corrected chi connectivity index (χ4v) is 2.81. The van der Waals surface area contributed by atoms with Crippen LogP contribution in [0.3, 0.4) is 0 Å². The molecule has 0 saturated carbocycles. The first-order valence-electron chi connectivity index (χ1n) is 7.82. The van der Waals surface area contributed by atoms with Gasteiger partial charge < -0.3 is 9.67 Å². The number of aliphatic carboxylic acids is 1. The monoisotopic (exact) mass is 322 g/mol. The number of benzene rings is 2. The van der Waals surface area contributed by atoms with E-state index in [1.54, 1.807) is 22.8 Å². The van der Waals surface area contributed by atoms with Gasteiger partial charge in [0.25, 0.3) is 0 Å². The van der Waals surface area contributed by atoms with Gasteiger partial charge in [-0.15, -0.1) is 0 Å². The molecule has 0 aliphatic carbocycles. The lowest BCUT2D eigenvalue weighted by Gasteiger charge is -2.07. The number of carbonyl (C=O) groups excluding carboxylic acids is 1. The molecule has 0 bridgehead atoms. The quantitative estimate of drug-likeness (QED) is 0.727. The smallest absolute Gasteiger partial charge is 0.323 e. The van der Waals surface area contributed by atoms with Crippen LogP contribution in [0, 0.1) is 6.92 Å². The molecular formula is C19H18N2O3. The number of aromatic nitrogens is 2. The number of rotatable bonds is 5. The van der Waals surface area contributed by atoms with Crippen LogP contribution in [0.5, 0.6) is 0 Å². The maximum absolute atomic E-state index is 11.9. The molecule has 0 radical (unpaired) electrons. The van der Waals surface area contributed by atoms with Gasteiger partial charge in [0.1, 0.15) is 12.4 Å². The summed E-state index contributed by atoms with van der Waals surface area (Å²) in [6.45, 7) is 3.61. The van der Waals surface area contributed by atoms with Crippen LogP contribution in [0.4, 0.5) is 0 Å². The third-order valence-corrected chi connectivity index (χ3v) is 3.96. The minimum Gasteiger partial charge on any atom is -0.480 e. The number of carboxylic acids is 1. The van der Waals surface area contributed by atoms with Gasteiger partial charge in [-0.25, -0.2) is 4.98 Å². The summed E-state index contributed by atoms with van der Waals surface area (Å²) < 4.78 is 1.67. The highest BCUT2D eigenvalue weighted by molar-refractivity contribution is 5.99. The van der Waals surface area contributed by atoms with Crippen molar-refractivity contribution in [1.82, 2.24) is 9.55 Å². The van der Waals surface area contributed by atoms with Gasteiger partial charge in [-0.2, -0.15) is 0 Å². The van der Waals surface area contributed by atoms with E-state index in [9.17, 15) is 14.7 Å². The van der Waals surface area contributed by atoms with Crippen molar-refractivity contribution in [3.8, 4) is 11.4 Å². The summed E-state index contributed by atoms with van der Waals surface area (Å²) in [6.07, 6.45) is 0.423. The lowest BCUT2D eigenvalue weighted by molar-refractivity contribution is -0.137. The number of carbonyl (C=O) groups is 2. The van der Waals surface area contributed by atoms with Crippen molar-refractivity contribution in [3.05, 3.63) is 53.6 Å². The summed E-state index contributed by atoms with van der Waals surface area (Å²) in [6, 6.07) is 13.0. The second-order valence-electron chi connectivity index (χ2n) is 5.76. The molecule has 24 heavy (non-hydrogen) atoms. The summed E-state index contributed by atoms with van der Waals surface area (Å²) in [7, 11) is 0. The molecule has 122 valence electrons. The summed E-state index contributed by atoms with van der Waals surface area (Å²) in [5, 5.41) is 9.25. The van der Waals surface area contributed by atoms with E-state index in [2.05, 4.69) is 4.98 Å². The second-order valence-corrected chi connectivity index (χ2v) is 5.76. The van der Waals surface area contributed by atoms with Gasteiger partial charge in [0.05, 0.1) is 11.0 Å². The topological polar surface area (TPSA) is 72.2 Å². The Balaban J connectivity index is 2.23. The van der Waals surface area contributed by atoms with Gasteiger partial charge in [-0.3, -0.25) is 9.59 Å². The van der Waals surface area contributed by atoms with Crippen LogP contribution in [-0.4, -0.2) is 26.4 Å². The first-order valence-corrected chi connectivity index (χ1v) is 7.82. The van der Waals surface area contributed by atoms with Crippen LogP contribution < -0.4 is 0 Å². The van der Waals surface area contributed by atoms with Crippen molar-refractivity contribution >= 4 is 22.8 Å². The molecule has 5 heteroatoms. The van der Waals surface area contributed by atoms with Gasteiger partial charge in [0.15, 0.2) is 5.78 Å². The van der Waals surface area contributed by atoms with E-state index in [0.29, 0.717) is 28.8 Å². The Morgan fingerprint density at radius 2 is 1.96 bits per heavy atom. The fourth-order valence-electron chi connectivity index (χ4n) is 2.81. The molecule has 3 rings (SSSR count). The summed E-state index contributed by atoms with van der Waals surface area (Å²) in [5.74, 6) is -0.295. The molecule has 2 aromatic carbocycles. The highest BCUT2D eigenvalue weighted by Crippen LogP contribution is 2.26. The van der Waals surface area contributed by atoms with Gasteiger partial charge in [-0.05, 0) is 31.2 Å². The molecule has 3 aromatic rings. The Morgan fingerprint density at radius 1 is 1.17 bits per heavy atom. The third kappa shape index (κ3) is 2.93. The van der Waals surface area contributed by atoms with Crippen molar-refractivity contribution in [3.63, 3.8) is 0 Å². The van der Waals surface area contributed by atoms with Gasteiger partial charge in [0.2, 0.25) is 0 Å². The minimum atomic E-state index is -0.933. The molecule has 0 spiro atoms. The SMILES string of the molecule is CCC(=O)c1ccc2c(c1)nc(-c1cccc(C)c1)n2CC(=O)O. The largest absolute Gasteiger partial charge is 0.480 e. The van der Waals surface area contributed by atoms with Gasteiger partial charge in [-0.1, -0.05) is 30.7 Å². The number of imidazole rings is 1. The van der Waals surface area contributed by atoms with Crippen LogP contribution in [0.2, 0.25) is 0 Å². The summed E-state index contributed by atoms with van der Waals surface area (Å²) in [5.41, 5.74) is 3.87. The predicted molar refractivity (Wildman–Crippen MR) is 92.2 cm³/mol. The average Bonchev–Trinajstić information content (AvgIpc) is 2.91. The molecule has 0 aliphatic rings. The lowest BCUT2D eigenvalue weighted by atomic mass is 10.1. The number of ketones is 1. The number of fused-ring (bicyclic) bond motifs is 1. The van der Waals surface area contributed by atoms with Crippen LogP contribution >= 0.6 is 0 Å². The van der Waals surface area contributed by atoms with Crippen molar-refractivity contribution in [2.45, 2.75) is 26.8 Å². The number of hydrogen-bond donors (Lipinski definition) is 1. The van der Waals surface area contributed by atoms with Crippen molar-refractivity contribution in [2.24, 2.45) is 0 Å². The van der Waals surface area contributed by atoms with Crippen molar-refractivity contribution in [1.29, 1.82) is 0 Å². The minimum absolute atomic E-state index is 0.0433. The van der Waals surface area contributed by atoms with E-state index in [1.165, 1.54) is 0 Å². The van der Waals surface area contributed by atoms with Crippen LogP contribution in [-0.2, 0) is 11.3 Å². The molecule has 0 saturated heterocycles. The number of hydrogen-bond acceptors (Lipinski definition) is 3. The Hall–Kier alpha value is -2.95. The molecule has 1 aromatic heterocycles.